The molecule has 0 spiro atoms. The molecule has 2 N–H and O–H groups in total. The summed E-state index contributed by atoms with van der Waals surface area (Å²) < 4.78 is 0. The van der Waals surface area contributed by atoms with Gasteiger partial charge in [0.05, 0.1) is 17.8 Å². The number of hydrogen-bond donors (Lipinski definition) is 2. The minimum atomic E-state index is -0.344. The SMILES string of the molecule is Cc1nnc(NC(=O)c2ccc3c(c2)NC(=O)C3)nc1C. The fourth-order valence-corrected chi connectivity index (χ4v) is 2.04. The van der Waals surface area contributed by atoms with Crippen LogP contribution in [0.15, 0.2) is 18.2 Å². The summed E-state index contributed by atoms with van der Waals surface area (Å²) >= 11 is 0. The first-order valence-corrected chi connectivity index (χ1v) is 6.45. The summed E-state index contributed by atoms with van der Waals surface area (Å²) in [5, 5.41) is 13.0. The van der Waals surface area contributed by atoms with Crippen LogP contribution in [0.3, 0.4) is 0 Å². The average molecular weight is 283 g/mol. The lowest BCUT2D eigenvalue weighted by Crippen LogP contribution is -2.15. The van der Waals surface area contributed by atoms with Gasteiger partial charge in [0.1, 0.15) is 0 Å². The lowest BCUT2D eigenvalue weighted by molar-refractivity contribution is -0.115. The number of aromatic nitrogens is 3. The molecule has 2 amide bonds. The van der Waals surface area contributed by atoms with Gasteiger partial charge in [-0.1, -0.05) is 6.07 Å². The maximum atomic E-state index is 12.2. The van der Waals surface area contributed by atoms with Crippen LogP contribution in [0.4, 0.5) is 11.6 Å². The molecule has 1 aliphatic heterocycles. The summed E-state index contributed by atoms with van der Waals surface area (Å²) in [5.41, 5.74) is 3.42. The molecule has 0 bridgehead atoms. The maximum absolute atomic E-state index is 12.2. The highest BCUT2D eigenvalue weighted by atomic mass is 16.2. The number of benzene rings is 1. The van der Waals surface area contributed by atoms with Gasteiger partial charge in [-0.3, -0.25) is 14.9 Å². The Morgan fingerprint density at radius 3 is 2.81 bits per heavy atom. The van der Waals surface area contributed by atoms with Crippen LogP contribution in [0.5, 0.6) is 0 Å². The molecular weight excluding hydrogens is 270 g/mol. The third-order valence-corrected chi connectivity index (χ3v) is 3.31. The van der Waals surface area contributed by atoms with Crippen LogP contribution in [-0.4, -0.2) is 27.0 Å². The fraction of sp³-hybridized carbons (Fsp3) is 0.214. The average Bonchev–Trinajstić information content (AvgIpc) is 2.82. The number of nitrogens with zero attached hydrogens (tertiary/aromatic N) is 3. The Hall–Kier alpha value is -2.83. The molecule has 3 rings (SSSR count). The molecule has 7 nitrogen and oxygen atoms in total. The number of carbonyl (C=O) groups is 2. The van der Waals surface area contributed by atoms with Gasteiger partial charge in [0.15, 0.2) is 0 Å². The molecule has 21 heavy (non-hydrogen) atoms. The molecule has 106 valence electrons. The van der Waals surface area contributed by atoms with Crippen LogP contribution in [0.2, 0.25) is 0 Å². The topological polar surface area (TPSA) is 96.9 Å². The molecule has 0 aliphatic carbocycles. The monoisotopic (exact) mass is 283 g/mol. The van der Waals surface area contributed by atoms with Crippen LogP contribution in [-0.2, 0) is 11.2 Å². The van der Waals surface area contributed by atoms with Crippen molar-refractivity contribution in [3.63, 3.8) is 0 Å². The summed E-state index contributed by atoms with van der Waals surface area (Å²) in [6, 6.07) is 5.08. The smallest absolute Gasteiger partial charge is 0.258 e. The Kier molecular flexibility index (Phi) is 3.09. The minimum absolute atomic E-state index is 0.0655. The van der Waals surface area contributed by atoms with Crippen LogP contribution < -0.4 is 10.6 Å². The normalized spacial score (nSPS) is 12.8. The molecule has 0 saturated carbocycles. The van der Waals surface area contributed by atoms with Crippen molar-refractivity contribution in [2.45, 2.75) is 20.3 Å². The van der Waals surface area contributed by atoms with Gasteiger partial charge in [-0.25, -0.2) is 4.98 Å². The van der Waals surface area contributed by atoms with E-state index >= 15 is 0 Å². The second kappa shape index (κ2) is 4.93. The molecule has 0 unspecified atom stereocenters. The fourth-order valence-electron chi connectivity index (χ4n) is 2.04. The zero-order valence-corrected chi connectivity index (χ0v) is 11.6. The van der Waals surface area contributed by atoms with Crippen LogP contribution in [0.25, 0.3) is 0 Å². The number of aryl methyl sites for hydroxylation is 2. The molecule has 0 atom stereocenters. The summed E-state index contributed by atoms with van der Waals surface area (Å²) in [4.78, 5) is 27.6. The number of anilines is 2. The Balaban J connectivity index is 1.81. The van der Waals surface area contributed by atoms with E-state index in [4.69, 9.17) is 0 Å². The second-order valence-electron chi connectivity index (χ2n) is 4.86. The van der Waals surface area contributed by atoms with Gasteiger partial charge in [-0.15, -0.1) is 5.10 Å². The standard InChI is InChI=1S/C14H13N5O2/c1-7-8(2)18-19-14(15-7)17-13(21)10-4-3-9-6-12(20)16-11(9)5-10/h3-5H,6H2,1-2H3,(H,16,20)(H,15,17,19,21). The second-order valence-corrected chi connectivity index (χ2v) is 4.86. The quantitative estimate of drug-likeness (QED) is 0.864. The molecule has 2 aromatic rings. The number of rotatable bonds is 2. The molecule has 1 aromatic carbocycles. The number of carbonyl (C=O) groups excluding carboxylic acids is 2. The maximum Gasteiger partial charge on any atom is 0.258 e. The van der Waals surface area contributed by atoms with Crippen LogP contribution in [0, 0.1) is 13.8 Å². The number of fused-ring (bicyclic) bond motifs is 1. The van der Waals surface area contributed by atoms with Gasteiger partial charge in [-0.05, 0) is 31.5 Å². The first kappa shape index (κ1) is 13.2. The van der Waals surface area contributed by atoms with E-state index in [9.17, 15) is 9.59 Å². The van der Waals surface area contributed by atoms with Crippen molar-refractivity contribution in [3.8, 4) is 0 Å². The van der Waals surface area contributed by atoms with Gasteiger partial charge in [0.2, 0.25) is 11.9 Å². The van der Waals surface area contributed by atoms with Crippen molar-refractivity contribution in [2.24, 2.45) is 0 Å². The van der Waals surface area contributed by atoms with Crippen LogP contribution in [0.1, 0.15) is 27.3 Å². The van der Waals surface area contributed by atoms with E-state index in [-0.39, 0.29) is 17.8 Å². The Bertz CT molecular complexity index is 757. The first-order chi connectivity index (χ1) is 10.0. The Morgan fingerprint density at radius 2 is 2.05 bits per heavy atom. The van der Waals surface area contributed by atoms with Crippen molar-refractivity contribution >= 4 is 23.5 Å². The number of hydrogen-bond acceptors (Lipinski definition) is 5. The van der Waals surface area contributed by atoms with Crippen molar-refractivity contribution < 1.29 is 9.59 Å². The molecule has 0 saturated heterocycles. The molecule has 2 heterocycles. The Morgan fingerprint density at radius 1 is 1.24 bits per heavy atom. The van der Waals surface area contributed by atoms with E-state index in [0.717, 1.165) is 5.56 Å². The third-order valence-electron chi connectivity index (χ3n) is 3.31. The highest BCUT2D eigenvalue weighted by Gasteiger charge is 2.19. The molecule has 0 fully saturated rings. The summed E-state index contributed by atoms with van der Waals surface area (Å²) in [5.74, 6) is -0.249. The summed E-state index contributed by atoms with van der Waals surface area (Å²) in [6.45, 7) is 3.59. The van der Waals surface area contributed by atoms with Crippen molar-refractivity contribution in [3.05, 3.63) is 40.7 Å². The van der Waals surface area contributed by atoms with Gasteiger partial charge in [0, 0.05) is 11.3 Å². The number of nitrogens with one attached hydrogen (secondary N) is 2. The van der Waals surface area contributed by atoms with E-state index in [1.54, 1.807) is 32.0 Å². The third kappa shape index (κ3) is 2.58. The lowest BCUT2D eigenvalue weighted by Gasteiger charge is -2.06. The van der Waals surface area contributed by atoms with Gasteiger partial charge in [-0.2, -0.15) is 5.10 Å². The van der Waals surface area contributed by atoms with Gasteiger partial charge >= 0.3 is 0 Å². The first-order valence-electron chi connectivity index (χ1n) is 6.45. The predicted molar refractivity (Wildman–Crippen MR) is 76.0 cm³/mol. The van der Waals surface area contributed by atoms with Gasteiger partial charge < -0.3 is 5.32 Å². The lowest BCUT2D eigenvalue weighted by atomic mass is 10.1. The molecular formula is C14H13N5O2. The summed E-state index contributed by atoms with van der Waals surface area (Å²) in [6.07, 6.45) is 0.349. The van der Waals surface area contributed by atoms with E-state index in [1.165, 1.54) is 0 Å². The summed E-state index contributed by atoms with van der Waals surface area (Å²) in [7, 11) is 0. The minimum Gasteiger partial charge on any atom is -0.326 e. The largest absolute Gasteiger partial charge is 0.326 e. The molecule has 1 aliphatic rings. The predicted octanol–water partition coefficient (Wildman–Crippen LogP) is 1.24. The zero-order chi connectivity index (χ0) is 15.0. The van der Waals surface area contributed by atoms with E-state index in [0.29, 0.717) is 29.1 Å². The van der Waals surface area contributed by atoms with Gasteiger partial charge in [0.25, 0.3) is 5.91 Å². The number of amides is 2. The van der Waals surface area contributed by atoms with E-state index in [1.807, 2.05) is 0 Å². The molecule has 0 radical (unpaired) electrons. The Labute approximate surface area is 120 Å². The highest BCUT2D eigenvalue weighted by Crippen LogP contribution is 2.24. The van der Waals surface area contributed by atoms with Crippen molar-refractivity contribution in [1.29, 1.82) is 0 Å². The highest BCUT2D eigenvalue weighted by molar-refractivity contribution is 6.06. The van der Waals surface area contributed by atoms with Crippen molar-refractivity contribution in [2.75, 3.05) is 10.6 Å². The van der Waals surface area contributed by atoms with Crippen molar-refractivity contribution in [1.82, 2.24) is 15.2 Å². The van der Waals surface area contributed by atoms with E-state index in [2.05, 4.69) is 25.8 Å². The zero-order valence-electron chi connectivity index (χ0n) is 11.6. The van der Waals surface area contributed by atoms with E-state index < -0.39 is 0 Å². The van der Waals surface area contributed by atoms with Crippen LogP contribution >= 0.6 is 0 Å². The molecule has 1 aromatic heterocycles. The molecule has 7 heteroatoms.